The number of benzene rings is 4. The van der Waals surface area contributed by atoms with Crippen LogP contribution in [0.5, 0.6) is 5.75 Å². The quantitative estimate of drug-likeness (QED) is 0.0124. The van der Waals surface area contributed by atoms with Gasteiger partial charge in [0.1, 0.15) is 48.0 Å². The number of anilines is 1. The maximum Gasteiger partial charge on any atom is 0.328 e. The Balaban J connectivity index is 1.23. The summed E-state index contributed by atoms with van der Waals surface area (Å²) in [6.45, 7) is 3.80. The number of phenols is 1. The van der Waals surface area contributed by atoms with Gasteiger partial charge >= 0.3 is 5.97 Å². The van der Waals surface area contributed by atoms with Crippen LogP contribution in [-0.2, 0) is 83.2 Å². The van der Waals surface area contributed by atoms with Crippen molar-refractivity contribution in [2.45, 2.75) is 125 Å². The number of aliphatic carboxylic acids is 1. The minimum atomic E-state index is -1.89. The molecule has 2 aliphatic rings. The standard InChI is InChI=1S/C73H101N19O16S3/c1-42(93)63-71(106)85-58(70(105)88-64(43(2)94)72(107)108)41-111-110-40-57(69(104)82-54(32-46-17-21-50(95)22-18-46)66(101)83-56(33-47-34-79-52-13-7-6-12-51(47)52)68(103)81-53(65(100)87-63)14-8-9-23-74)84-67(102)55(31-44-10-4-3-5-11-44)86-73(109)80-48-19-15-45(16-20-48)30-49-35-91(38-61(77)98)27-26-89(36-59(75)96)24-25-90(37-60(76)97)28-29-92(49)39-62(78)99/h3-7,10-13,15-22,34,42-43,49,53-58,63-64,79,93-95H,8-9,14,23-33,35-41,74H2,1-2H3,(H2,75,96)(H2,76,97)(H2,77,98)(H2,78,99)(H,81,103)(H,82,104)(H,83,101)(H,84,102)(H,85,106)(H,87,100)(H,88,105)(H,107,108)(H2,80,86,109)/t42-,43-,49+,53+,54+,55-,56-,57+,58+,63+,64+/m1/s1. The highest BCUT2D eigenvalue weighted by atomic mass is 33.1. The number of aromatic amines is 1. The molecule has 1 aromatic heterocycles. The first-order chi connectivity index (χ1) is 52.9. The van der Waals surface area contributed by atoms with Gasteiger partial charge in [-0.2, -0.15) is 0 Å². The molecule has 24 N–H and O–H groups in total. The van der Waals surface area contributed by atoms with Gasteiger partial charge < -0.3 is 102 Å². The van der Waals surface area contributed by atoms with Crippen LogP contribution < -0.4 is 76.5 Å². The largest absolute Gasteiger partial charge is 0.508 e. The summed E-state index contributed by atoms with van der Waals surface area (Å²) in [6, 6.07) is 15.4. The van der Waals surface area contributed by atoms with E-state index in [0.717, 1.165) is 34.1 Å². The molecule has 0 unspecified atom stereocenters. The van der Waals surface area contributed by atoms with E-state index in [-0.39, 0.29) is 121 Å². The van der Waals surface area contributed by atoms with Gasteiger partial charge in [0.2, 0.25) is 65.0 Å². The molecule has 0 radical (unpaired) electrons. The molecule has 2 saturated heterocycles. The molecule has 4 aromatic carbocycles. The summed E-state index contributed by atoms with van der Waals surface area (Å²) < 4.78 is 0. The van der Waals surface area contributed by atoms with E-state index in [2.05, 4.69) is 52.8 Å². The van der Waals surface area contributed by atoms with E-state index >= 15 is 19.2 Å². The Morgan fingerprint density at radius 2 is 1.14 bits per heavy atom. The molecule has 602 valence electrons. The number of hydrogen-bond donors (Lipinski definition) is 19. The summed E-state index contributed by atoms with van der Waals surface area (Å²) in [4.78, 5) is 176. The van der Waals surface area contributed by atoms with Crippen molar-refractivity contribution < 1.29 is 78.0 Å². The molecule has 7 rings (SSSR count). The number of nitrogens with one attached hydrogen (secondary N) is 10. The highest BCUT2D eigenvalue weighted by Crippen LogP contribution is 2.26. The van der Waals surface area contributed by atoms with E-state index < -0.39 is 143 Å². The number of fused-ring (bicyclic) bond motifs is 1. The Hall–Kier alpha value is -10.0. The third kappa shape index (κ3) is 29.3. The van der Waals surface area contributed by atoms with E-state index in [4.69, 9.17) is 40.9 Å². The molecule has 111 heavy (non-hydrogen) atoms. The smallest absolute Gasteiger partial charge is 0.328 e. The third-order valence-electron chi connectivity index (χ3n) is 18.5. The maximum absolute atomic E-state index is 15.4. The fourth-order valence-electron chi connectivity index (χ4n) is 12.7. The third-order valence-corrected chi connectivity index (χ3v) is 21.1. The molecule has 5 aromatic rings. The SMILES string of the molecule is C[C@@H](O)[C@H](NC(=O)[C@@H]1CSSC[C@H](NC(=O)[C@@H](Cc2ccccc2)NC(=S)Nc2ccc(C[C@H]3CN(CC(N)=O)CCN(CC(N)=O)CCN(CC(N)=O)CCN3CC(N)=O)cc2)C(=O)N[C@@H](Cc2ccc(O)cc2)C(=O)N[C@H](Cc2c[nH]c3ccccc23)C(=O)N[C@@H](CCCCN)C(=O)N[C@@H]([C@@H](C)O)C(=O)N1)C(=O)O. The summed E-state index contributed by atoms with van der Waals surface area (Å²) in [7, 11) is 1.76. The summed E-state index contributed by atoms with van der Waals surface area (Å²) in [5.41, 5.74) is 32.2. The summed E-state index contributed by atoms with van der Waals surface area (Å²) in [5.74, 6) is -11.7. The van der Waals surface area contributed by atoms with E-state index in [1.165, 1.54) is 31.2 Å². The zero-order valence-electron chi connectivity index (χ0n) is 61.7. The van der Waals surface area contributed by atoms with Crippen LogP contribution in [0.3, 0.4) is 0 Å². The topological polar surface area (TPSA) is 553 Å². The number of carboxylic acids is 1. The maximum atomic E-state index is 15.4. The second-order valence-corrected chi connectivity index (χ2v) is 30.4. The van der Waals surface area contributed by atoms with Gasteiger partial charge in [-0.3, -0.25) is 72.3 Å². The predicted molar refractivity (Wildman–Crippen MR) is 421 cm³/mol. The lowest BCUT2D eigenvalue weighted by Gasteiger charge is -2.38. The fourth-order valence-corrected chi connectivity index (χ4v) is 15.3. The Kier molecular flexibility index (Phi) is 35.1. The van der Waals surface area contributed by atoms with Crippen LogP contribution in [0.25, 0.3) is 10.9 Å². The number of para-hydroxylation sites is 1. The van der Waals surface area contributed by atoms with Crippen LogP contribution >= 0.6 is 33.8 Å². The second kappa shape index (κ2) is 44.1. The van der Waals surface area contributed by atoms with Crippen LogP contribution in [0.2, 0.25) is 0 Å². The molecule has 0 saturated carbocycles. The van der Waals surface area contributed by atoms with E-state index in [0.29, 0.717) is 52.8 Å². The number of H-pyrrole nitrogens is 1. The molecule has 35 nitrogen and oxygen atoms in total. The van der Waals surface area contributed by atoms with Crippen LogP contribution in [0.15, 0.2) is 109 Å². The molecular formula is C73H101N19O16S3. The Labute approximate surface area is 654 Å². The molecule has 11 amide bonds. The van der Waals surface area contributed by atoms with Crippen molar-refractivity contribution in [1.82, 2.24) is 67.1 Å². The fraction of sp³-hybridized carbons (Fsp3) is 0.466. The number of aromatic hydroxyl groups is 1. The average Bonchev–Trinajstić information content (AvgIpc) is 1.75. The number of aliphatic hydroxyl groups excluding tert-OH is 2. The first-order valence-corrected chi connectivity index (χ1v) is 39.0. The highest BCUT2D eigenvalue weighted by Gasteiger charge is 2.38. The van der Waals surface area contributed by atoms with Gasteiger partial charge in [-0.1, -0.05) is 94.4 Å². The summed E-state index contributed by atoms with van der Waals surface area (Å²) in [6.07, 6.45) is -1.35. The Morgan fingerprint density at radius 3 is 1.76 bits per heavy atom. The van der Waals surface area contributed by atoms with Crippen LogP contribution in [0, 0.1) is 0 Å². The van der Waals surface area contributed by atoms with Crippen molar-refractivity contribution in [3.8, 4) is 5.75 Å². The van der Waals surface area contributed by atoms with Crippen molar-refractivity contribution in [2.24, 2.45) is 28.7 Å². The molecule has 2 aliphatic heterocycles. The molecule has 11 atom stereocenters. The van der Waals surface area contributed by atoms with Crippen molar-refractivity contribution in [2.75, 3.05) is 95.4 Å². The number of unbranched alkanes of at least 4 members (excludes halogenated alkanes) is 1. The lowest BCUT2D eigenvalue weighted by Crippen LogP contribution is -2.62. The lowest BCUT2D eigenvalue weighted by atomic mass is 10.0. The summed E-state index contributed by atoms with van der Waals surface area (Å²) in [5, 5.41) is 67.1. The van der Waals surface area contributed by atoms with Gasteiger partial charge in [-0.25, -0.2) is 4.79 Å². The number of thiocarbonyl (C=S) groups is 1. The number of carbonyl (C=O) groups excluding carboxylic acids is 11. The zero-order valence-corrected chi connectivity index (χ0v) is 64.1. The van der Waals surface area contributed by atoms with Gasteiger partial charge in [0, 0.05) is 105 Å². The van der Waals surface area contributed by atoms with Gasteiger partial charge in [0.05, 0.1) is 38.4 Å². The van der Waals surface area contributed by atoms with E-state index in [1.807, 2.05) is 9.80 Å². The van der Waals surface area contributed by atoms with Gasteiger partial charge in [0.25, 0.3) is 0 Å². The molecular weight excluding hydrogens is 1500 g/mol. The first-order valence-electron chi connectivity index (χ1n) is 36.2. The number of carboxylic acid groups (broad SMARTS) is 1. The Bertz CT molecular complexity index is 4010. The average molecular weight is 1600 g/mol. The van der Waals surface area contributed by atoms with Gasteiger partial charge in [-0.15, -0.1) is 0 Å². The van der Waals surface area contributed by atoms with Crippen molar-refractivity contribution in [3.05, 3.63) is 132 Å². The minimum absolute atomic E-state index is 0.0447. The van der Waals surface area contributed by atoms with Crippen molar-refractivity contribution in [1.29, 1.82) is 0 Å². The number of hydrogen-bond acceptors (Lipinski definition) is 23. The predicted octanol–water partition coefficient (Wildman–Crippen LogP) is -3.91. The minimum Gasteiger partial charge on any atom is -0.508 e. The second-order valence-electron chi connectivity index (χ2n) is 27.4. The molecule has 2 fully saturated rings. The Morgan fingerprint density at radius 1 is 0.595 bits per heavy atom. The number of rotatable bonds is 29. The van der Waals surface area contributed by atoms with Crippen LogP contribution in [0.1, 0.15) is 55.4 Å². The van der Waals surface area contributed by atoms with Crippen molar-refractivity contribution >= 4 is 126 Å². The lowest BCUT2D eigenvalue weighted by molar-refractivity contribution is -0.145. The molecule has 0 aliphatic carbocycles. The number of amides is 11. The van der Waals surface area contributed by atoms with Crippen molar-refractivity contribution in [3.63, 3.8) is 0 Å². The van der Waals surface area contributed by atoms with Gasteiger partial charge in [-0.05, 0) is 111 Å². The summed E-state index contributed by atoms with van der Waals surface area (Å²) >= 11 is 5.90. The normalized spacial score (nSPS) is 21.5. The molecule has 3 heterocycles. The number of carbonyl (C=O) groups is 12. The number of primary amides is 4. The van der Waals surface area contributed by atoms with Crippen LogP contribution in [0.4, 0.5) is 5.69 Å². The zero-order chi connectivity index (χ0) is 80.8. The van der Waals surface area contributed by atoms with Gasteiger partial charge in [0.15, 0.2) is 11.2 Å². The highest BCUT2D eigenvalue weighted by molar-refractivity contribution is 8.76. The number of aliphatic hydroxyl groups is 2. The number of aromatic nitrogens is 1. The molecule has 38 heteroatoms. The molecule has 0 bridgehead atoms. The van der Waals surface area contributed by atoms with E-state index in [9.17, 15) is 58.8 Å². The first kappa shape index (κ1) is 88.2. The van der Waals surface area contributed by atoms with Crippen LogP contribution in [-0.4, -0.2) is 278 Å². The van der Waals surface area contributed by atoms with E-state index in [1.54, 1.807) is 94.9 Å². The monoisotopic (exact) mass is 1600 g/mol. The number of phenolic OH excluding ortho intramolecular Hbond substituents is 1. The molecule has 0 spiro atoms. The number of nitrogens with two attached hydrogens (primary N) is 5. The number of nitrogens with zero attached hydrogens (tertiary/aromatic N) is 4.